The Morgan fingerprint density at radius 1 is 1.42 bits per heavy atom. The minimum atomic E-state index is -1.37. The second-order valence-corrected chi connectivity index (χ2v) is 2.81. The topological polar surface area (TPSA) is 37.3 Å². The zero-order chi connectivity index (χ0) is 9.30. The first-order valence-corrected chi connectivity index (χ1v) is 3.66. The third-order valence-electron chi connectivity index (χ3n) is 1.27. The van der Waals surface area contributed by atoms with Gasteiger partial charge in [0, 0.05) is 0 Å². The van der Waals surface area contributed by atoms with Gasteiger partial charge >= 0.3 is 5.97 Å². The maximum atomic E-state index is 12.9. The van der Waals surface area contributed by atoms with E-state index < -0.39 is 17.3 Å². The van der Waals surface area contributed by atoms with Crippen molar-refractivity contribution >= 4 is 29.2 Å². The third-order valence-corrected chi connectivity index (χ3v) is 2.05. The van der Waals surface area contributed by atoms with E-state index in [9.17, 15) is 9.18 Å². The van der Waals surface area contributed by atoms with E-state index in [-0.39, 0.29) is 10.0 Å². The number of hydrogen-bond donors (Lipinski definition) is 1. The van der Waals surface area contributed by atoms with Crippen molar-refractivity contribution in [3.63, 3.8) is 0 Å². The summed E-state index contributed by atoms with van der Waals surface area (Å²) < 4.78 is 12.9. The van der Waals surface area contributed by atoms with Crippen molar-refractivity contribution in [3.05, 3.63) is 33.6 Å². The second kappa shape index (κ2) is 3.29. The predicted octanol–water partition coefficient (Wildman–Crippen LogP) is 2.83. The number of carboxylic acid groups (broad SMARTS) is 1. The largest absolute Gasteiger partial charge is 0.478 e. The molecule has 0 unspecified atom stereocenters. The van der Waals surface area contributed by atoms with Gasteiger partial charge in [0.15, 0.2) is 5.82 Å². The van der Waals surface area contributed by atoms with Crippen molar-refractivity contribution in [2.24, 2.45) is 0 Å². The van der Waals surface area contributed by atoms with E-state index in [1.165, 1.54) is 6.07 Å². The van der Waals surface area contributed by atoms with Gasteiger partial charge in [-0.15, -0.1) is 0 Å². The van der Waals surface area contributed by atoms with Crippen LogP contribution in [-0.2, 0) is 0 Å². The molecule has 0 amide bonds. The Bertz CT molecular complexity index is 338. The maximum Gasteiger partial charge on any atom is 0.338 e. The quantitative estimate of drug-likeness (QED) is 0.722. The van der Waals surface area contributed by atoms with Crippen LogP contribution in [0.25, 0.3) is 0 Å². The lowest BCUT2D eigenvalue weighted by Gasteiger charge is -2.00. The molecule has 0 aliphatic carbocycles. The van der Waals surface area contributed by atoms with Crippen molar-refractivity contribution < 1.29 is 14.3 Å². The van der Waals surface area contributed by atoms with E-state index in [0.717, 1.165) is 6.07 Å². The van der Waals surface area contributed by atoms with Crippen LogP contribution in [0, 0.1) is 5.82 Å². The molecule has 0 bridgehead atoms. The minimum absolute atomic E-state index is 0.000772. The number of carboxylic acids is 1. The molecule has 1 aromatic rings. The summed E-state index contributed by atoms with van der Waals surface area (Å²) in [6.45, 7) is 0. The molecule has 2 nitrogen and oxygen atoms in total. The normalized spacial score (nSPS) is 9.92. The van der Waals surface area contributed by atoms with Crippen molar-refractivity contribution in [3.8, 4) is 0 Å². The lowest BCUT2D eigenvalue weighted by atomic mass is 10.2. The molecule has 0 aliphatic rings. The van der Waals surface area contributed by atoms with Crippen molar-refractivity contribution in [1.29, 1.82) is 0 Å². The molecule has 0 aromatic heterocycles. The average Bonchev–Trinajstić information content (AvgIpc) is 2.00. The third kappa shape index (κ3) is 1.52. The van der Waals surface area contributed by atoms with Gasteiger partial charge in [-0.05, 0) is 12.1 Å². The Hall–Kier alpha value is -0.800. The summed E-state index contributed by atoms with van der Waals surface area (Å²) in [5, 5.41) is 8.07. The van der Waals surface area contributed by atoms with Gasteiger partial charge in [0.2, 0.25) is 0 Å². The standard InChI is InChI=1S/C7H3Cl2FO2/c8-4-2-1-3(7(11)12)6(10)5(4)9/h1-2H,(H,11,12). The van der Waals surface area contributed by atoms with Crippen molar-refractivity contribution in [1.82, 2.24) is 0 Å². The maximum absolute atomic E-state index is 12.9. The van der Waals surface area contributed by atoms with Gasteiger partial charge in [0.25, 0.3) is 0 Å². The van der Waals surface area contributed by atoms with Crippen LogP contribution in [0.5, 0.6) is 0 Å². The molecule has 0 fully saturated rings. The van der Waals surface area contributed by atoms with Crippen LogP contribution in [0.15, 0.2) is 12.1 Å². The highest BCUT2D eigenvalue weighted by Gasteiger charge is 2.14. The van der Waals surface area contributed by atoms with E-state index in [1.54, 1.807) is 0 Å². The molecule has 1 N–H and O–H groups in total. The average molecular weight is 209 g/mol. The van der Waals surface area contributed by atoms with Gasteiger partial charge in [-0.25, -0.2) is 9.18 Å². The fourth-order valence-corrected chi connectivity index (χ4v) is 1.00. The number of carbonyl (C=O) groups is 1. The van der Waals surface area contributed by atoms with Crippen LogP contribution >= 0.6 is 23.2 Å². The highest BCUT2D eigenvalue weighted by Crippen LogP contribution is 2.26. The summed E-state index contributed by atoms with van der Waals surface area (Å²) in [7, 11) is 0. The van der Waals surface area contributed by atoms with Gasteiger partial charge < -0.3 is 5.11 Å². The molecule has 0 radical (unpaired) electrons. The number of rotatable bonds is 1. The molecule has 64 valence electrons. The molecule has 0 saturated heterocycles. The molecular formula is C7H3Cl2FO2. The first-order chi connectivity index (χ1) is 5.54. The minimum Gasteiger partial charge on any atom is -0.478 e. The highest BCUT2D eigenvalue weighted by molar-refractivity contribution is 6.42. The predicted molar refractivity (Wildman–Crippen MR) is 43.4 cm³/mol. The Balaban J connectivity index is 3.36. The van der Waals surface area contributed by atoms with E-state index >= 15 is 0 Å². The second-order valence-electron chi connectivity index (χ2n) is 2.03. The monoisotopic (exact) mass is 208 g/mol. The summed E-state index contributed by atoms with van der Waals surface area (Å²) in [4.78, 5) is 10.3. The number of benzene rings is 1. The van der Waals surface area contributed by atoms with Gasteiger partial charge in [0.1, 0.15) is 0 Å². The van der Waals surface area contributed by atoms with Gasteiger partial charge in [0.05, 0.1) is 15.6 Å². The molecule has 12 heavy (non-hydrogen) atoms. The van der Waals surface area contributed by atoms with Crippen LogP contribution in [0.4, 0.5) is 4.39 Å². The molecule has 0 saturated carbocycles. The van der Waals surface area contributed by atoms with Crippen molar-refractivity contribution in [2.75, 3.05) is 0 Å². The fraction of sp³-hybridized carbons (Fsp3) is 0. The van der Waals surface area contributed by atoms with Crippen LogP contribution < -0.4 is 0 Å². The number of aromatic carboxylic acids is 1. The molecule has 0 spiro atoms. The zero-order valence-electron chi connectivity index (χ0n) is 5.64. The molecule has 1 aromatic carbocycles. The first kappa shape index (κ1) is 9.29. The smallest absolute Gasteiger partial charge is 0.338 e. The van der Waals surface area contributed by atoms with Crippen LogP contribution in [0.2, 0.25) is 10.0 Å². The Labute approximate surface area is 77.5 Å². The molecule has 5 heteroatoms. The first-order valence-electron chi connectivity index (χ1n) is 2.91. The summed E-state index contributed by atoms with van der Waals surface area (Å²) in [5.41, 5.74) is -0.482. The van der Waals surface area contributed by atoms with E-state index in [2.05, 4.69) is 0 Å². The summed E-state index contributed by atoms with van der Waals surface area (Å²) in [6.07, 6.45) is 0. The zero-order valence-corrected chi connectivity index (χ0v) is 7.16. The van der Waals surface area contributed by atoms with E-state index in [4.69, 9.17) is 28.3 Å². The Morgan fingerprint density at radius 2 is 2.00 bits per heavy atom. The summed E-state index contributed by atoms with van der Waals surface area (Å²) in [6, 6.07) is 2.29. The molecular weight excluding hydrogens is 206 g/mol. The number of halogens is 3. The molecule has 0 atom stereocenters. The lowest BCUT2D eigenvalue weighted by Crippen LogP contribution is -2.00. The summed E-state index contributed by atoms with van der Waals surface area (Å²) >= 11 is 10.8. The van der Waals surface area contributed by atoms with Crippen LogP contribution in [-0.4, -0.2) is 11.1 Å². The van der Waals surface area contributed by atoms with Gasteiger partial charge in [-0.3, -0.25) is 0 Å². The SMILES string of the molecule is O=C(O)c1ccc(Cl)c(Cl)c1F. The Morgan fingerprint density at radius 3 is 2.50 bits per heavy atom. The highest BCUT2D eigenvalue weighted by atomic mass is 35.5. The Kier molecular flexibility index (Phi) is 2.55. The molecule has 0 heterocycles. The van der Waals surface area contributed by atoms with Crippen molar-refractivity contribution in [2.45, 2.75) is 0 Å². The number of hydrogen-bond acceptors (Lipinski definition) is 1. The van der Waals surface area contributed by atoms with Gasteiger partial charge in [-0.1, -0.05) is 23.2 Å². The van der Waals surface area contributed by atoms with E-state index in [1.807, 2.05) is 0 Å². The van der Waals surface area contributed by atoms with E-state index in [0.29, 0.717) is 0 Å². The fourth-order valence-electron chi connectivity index (χ4n) is 0.691. The van der Waals surface area contributed by atoms with Crippen LogP contribution in [0.3, 0.4) is 0 Å². The lowest BCUT2D eigenvalue weighted by molar-refractivity contribution is 0.0692. The van der Waals surface area contributed by atoms with Crippen LogP contribution in [0.1, 0.15) is 10.4 Å². The molecule has 0 aliphatic heterocycles. The molecule has 1 rings (SSSR count). The van der Waals surface area contributed by atoms with Gasteiger partial charge in [-0.2, -0.15) is 0 Å². The summed E-state index contributed by atoms with van der Waals surface area (Å²) in [5.74, 6) is -2.37.